The lowest BCUT2D eigenvalue weighted by Gasteiger charge is -2.28. The number of urea groups is 1. The van der Waals surface area contributed by atoms with Crippen LogP contribution in [-0.4, -0.2) is 45.9 Å². The SMILES string of the molecule is CN(C[C@@H]1CCC[C@@H]1O)C(=O)N[C@@H]1CCCc2cn[nH]c21. The molecule has 0 radical (unpaired) electrons. The van der Waals surface area contributed by atoms with Gasteiger partial charge in [-0.3, -0.25) is 5.10 Å². The van der Waals surface area contributed by atoms with E-state index in [0.717, 1.165) is 44.2 Å². The minimum atomic E-state index is -0.255. The van der Waals surface area contributed by atoms with Crippen LogP contribution < -0.4 is 5.32 Å². The Morgan fingerprint density at radius 1 is 1.48 bits per heavy atom. The number of hydrogen-bond donors (Lipinski definition) is 3. The van der Waals surface area contributed by atoms with Gasteiger partial charge in [-0.15, -0.1) is 0 Å². The summed E-state index contributed by atoms with van der Waals surface area (Å²) in [5.41, 5.74) is 2.25. The Morgan fingerprint density at radius 2 is 2.33 bits per heavy atom. The number of aliphatic hydroxyl groups excluding tert-OH is 1. The zero-order valence-corrected chi connectivity index (χ0v) is 12.5. The summed E-state index contributed by atoms with van der Waals surface area (Å²) in [6.45, 7) is 0.621. The smallest absolute Gasteiger partial charge is 0.317 e. The van der Waals surface area contributed by atoms with Gasteiger partial charge in [-0.05, 0) is 37.7 Å². The summed E-state index contributed by atoms with van der Waals surface area (Å²) in [7, 11) is 1.80. The number of aromatic nitrogens is 2. The third kappa shape index (κ3) is 3.05. The van der Waals surface area contributed by atoms with Crippen molar-refractivity contribution < 1.29 is 9.90 Å². The van der Waals surface area contributed by atoms with Gasteiger partial charge in [0, 0.05) is 19.5 Å². The van der Waals surface area contributed by atoms with Crippen LogP contribution in [0.5, 0.6) is 0 Å². The van der Waals surface area contributed by atoms with Crippen LogP contribution in [0.15, 0.2) is 6.20 Å². The number of nitrogens with one attached hydrogen (secondary N) is 2. The van der Waals surface area contributed by atoms with Crippen LogP contribution in [-0.2, 0) is 6.42 Å². The average Bonchev–Trinajstić information content (AvgIpc) is 3.09. The van der Waals surface area contributed by atoms with Crippen molar-refractivity contribution in [1.29, 1.82) is 0 Å². The first-order chi connectivity index (χ1) is 10.1. The summed E-state index contributed by atoms with van der Waals surface area (Å²) in [5.74, 6) is 0.217. The second-order valence-electron chi connectivity index (χ2n) is 6.34. The van der Waals surface area contributed by atoms with Crippen molar-refractivity contribution in [3.8, 4) is 0 Å². The molecule has 1 aromatic heterocycles. The topological polar surface area (TPSA) is 81.2 Å². The zero-order valence-electron chi connectivity index (χ0n) is 12.5. The lowest BCUT2D eigenvalue weighted by atomic mass is 9.94. The third-order valence-corrected chi connectivity index (χ3v) is 4.81. The van der Waals surface area contributed by atoms with Crippen LogP contribution in [0.25, 0.3) is 0 Å². The Labute approximate surface area is 124 Å². The van der Waals surface area contributed by atoms with Crippen molar-refractivity contribution >= 4 is 6.03 Å². The molecule has 1 heterocycles. The predicted octanol–water partition coefficient (Wildman–Crippen LogP) is 1.59. The minimum absolute atomic E-state index is 0.0275. The minimum Gasteiger partial charge on any atom is -0.393 e. The molecule has 0 saturated heterocycles. The van der Waals surface area contributed by atoms with Crippen molar-refractivity contribution in [2.24, 2.45) is 5.92 Å². The van der Waals surface area contributed by atoms with Gasteiger partial charge in [0.25, 0.3) is 0 Å². The van der Waals surface area contributed by atoms with Crippen molar-refractivity contribution in [3.05, 3.63) is 17.5 Å². The predicted molar refractivity (Wildman–Crippen MR) is 78.8 cm³/mol. The molecule has 1 fully saturated rings. The molecule has 3 N–H and O–H groups in total. The molecule has 6 heteroatoms. The fourth-order valence-electron chi connectivity index (χ4n) is 3.53. The number of aryl methyl sites for hydroxylation is 1. The number of carbonyl (C=O) groups is 1. The first-order valence-corrected chi connectivity index (χ1v) is 7.87. The van der Waals surface area contributed by atoms with E-state index >= 15 is 0 Å². The van der Waals surface area contributed by atoms with Crippen molar-refractivity contribution in [1.82, 2.24) is 20.4 Å². The molecule has 0 aliphatic heterocycles. The lowest BCUT2D eigenvalue weighted by Crippen LogP contribution is -2.43. The quantitative estimate of drug-likeness (QED) is 0.791. The van der Waals surface area contributed by atoms with Crippen LogP contribution in [0.2, 0.25) is 0 Å². The molecule has 0 aromatic carbocycles. The summed E-state index contributed by atoms with van der Waals surface area (Å²) in [6.07, 6.45) is 7.57. The highest BCUT2D eigenvalue weighted by Crippen LogP contribution is 2.28. The molecule has 0 unspecified atom stereocenters. The van der Waals surface area contributed by atoms with Crippen molar-refractivity contribution in [2.45, 2.75) is 50.7 Å². The maximum absolute atomic E-state index is 12.3. The fourth-order valence-corrected chi connectivity index (χ4v) is 3.53. The number of rotatable bonds is 3. The van der Waals surface area contributed by atoms with Crippen LogP contribution in [0, 0.1) is 5.92 Å². The van der Waals surface area contributed by atoms with E-state index in [1.807, 2.05) is 6.20 Å². The third-order valence-electron chi connectivity index (χ3n) is 4.81. The van der Waals surface area contributed by atoms with E-state index in [1.54, 1.807) is 11.9 Å². The molecule has 2 amide bonds. The maximum Gasteiger partial charge on any atom is 0.317 e. The number of nitrogens with zero attached hydrogens (tertiary/aromatic N) is 2. The molecule has 0 spiro atoms. The van der Waals surface area contributed by atoms with Gasteiger partial charge in [-0.2, -0.15) is 5.10 Å². The average molecular weight is 292 g/mol. The van der Waals surface area contributed by atoms with E-state index in [2.05, 4.69) is 15.5 Å². The van der Waals surface area contributed by atoms with E-state index in [-0.39, 0.29) is 24.1 Å². The largest absolute Gasteiger partial charge is 0.393 e. The van der Waals surface area contributed by atoms with Gasteiger partial charge in [0.05, 0.1) is 24.0 Å². The number of aliphatic hydroxyl groups is 1. The van der Waals surface area contributed by atoms with E-state index in [1.165, 1.54) is 5.56 Å². The van der Waals surface area contributed by atoms with Crippen molar-refractivity contribution in [3.63, 3.8) is 0 Å². The van der Waals surface area contributed by atoms with Crippen molar-refractivity contribution in [2.75, 3.05) is 13.6 Å². The van der Waals surface area contributed by atoms with Gasteiger partial charge in [0.1, 0.15) is 0 Å². The molecular weight excluding hydrogens is 268 g/mol. The van der Waals surface area contributed by atoms with Gasteiger partial charge in [0.15, 0.2) is 0 Å². The first kappa shape index (κ1) is 14.4. The second-order valence-corrected chi connectivity index (χ2v) is 6.34. The number of hydrogen-bond acceptors (Lipinski definition) is 3. The van der Waals surface area contributed by atoms with Gasteiger partial charge in [0.2, 0.25) is 0 Å². The van der Waals surface area contributed by atoms with Crippen LogP contribution in [0.3, 0.4) is 0 Å². The summed E-state index contributed by atoms with van der Waals surface area (Å²) in [5, 5.41) is 20.0. The molecular formula is C15H24N4O2. The molecule has 0 bridgehead atoms. The molecule has 2 aliphatic carbocycles. The van der Waals surface area contributed by atoms with E-state index in [9.17, 15) is 9.90 Å². The summed E-state index contributed by atoms with van der Waals surface area (Å²) < 4.78 is 0. The molecule has 116 valence electrons. The Morgan fingerprint density at radius 3 is 3.10 bits per heavy atom. The number of H-pyrrole nitrogens is 1. The zero-order chi connectivity index (χ0) is 14.8. The molecule has 21 heavy (non-hydrogen) atoms. The Hall–Kier alpha value is -1.56. The van der Waals surface area contributed by atoms with Gasteiger partial charge in [-0.1, -0.05) is 6.42 Å². The van der Waals surface area contributed by atoms with Gasteiger partial charge < -0.3 is 15.3 Å². The summed E-state index contributed by atoms with van der Waals surface area (Å²) in [6, 6.07) is -0.0405. The van der Waals surface area contributed by atoms with E-state index in [4.69, 9.17) is 0 Å². The number of aromatic amines is 1. The molecule has 3 atom stereocenters. The fraction of sp³-hybridized carbons (Fsp3) is 0.733. The Balaban J connectivity index is 1.57. The number of fused-ring (bicyclic) bond motifs is 1. The van der Waals surface area contributed by atoms with Crippen LogP contribution in [0.4, 0.5) is 4.79 Å². The first-order valence-electron chi connectivity index (χ1n) is 7.87. The molecule has 6 nitrogen and oxygen atoms in total. The number of carbonyl (C=O) groups excluding carboxylic acids is 1. The molecule has 1 aromatic rings. The van der Waals surface area contributed by atoms with Gasteiger partial charge >= 0.3 is 6.03 Å². The highest BCUT2D eigenvalue weighted by atomic mass is 16.3. The molecule has 2 aliphatic rings. The maximum atomic E-state index is 12.3. The van der Waals surface area contributed by atoms with Gasteiger partial charge in [-0.25, -0.2) is 4.79 Å². The monoisotopic (exact) mass is 292 g/mol. The highest BCUT2D eigenvalue weighted by Gasteiger charge is 2.29. The van der Waals surface area contributed by atoms with Crippen LogP contribution >= 0.6 is 0 Å². The highest BCUT2D eigenvalue weighted by molar-refractivity contribution is 5.74. The number of amides is 2. The Bertz CT molecular complexity index is 502. The summed E-state index contributed by atoms with van der Waals surface area (Å²) in [4.78, 5) is 14.0. The standard InChI is InChI=1S/C15H24N4O2/c1-19(9-11-5-3-7-13(11)20)15(21)17-12-6-2-4-10-8-16-18-14(10)12/h8,11-13,20H,2-7,9H2,1H3,(H,16,18)(H,17,21)/t11-,12+,13-/m0/s1. The van der Waals surface area contributed by atoms with E-state index < -0.39 is 0 Å². The second kappa shape index (κ2) is 6.05. The molecule has 1 saturated carbocycles. The van der Waals surface area contributed by atoms with E-state index in [0.29, 0.717) is 6.54 Å². The molecule has 3 rings (SSSR count). The normalized spacial score (nSPS) is 28.2. The summed E-state index contributed by atoms with van der Waals surface area (Å²) >= 11 is 0. The van der Waals surface area contributed by atoms with Crippen LogP contribution in [0.1, 0.15) is 49.4 Å². The Kier molecular flexibility index (Phi) is 4.14. The lowest BCUT2D eigenvalue weighted by molar-refractivity contribution is 0.113.